The Morgan fingerprint density at radius 3 is 2.05 bits per heavy atom. The van der Waals surface area contributed by atoms with Crippen molar-refractivity contribution in [1.82, 2.24) is 18.7 Å². The SMILES string of the molecule is Cc1cc(C)cc(-c2nc3c(=O)n(C)c(=O)n(C)c3n2C)c1. The van der Waals surface area contributed by atoms with Crippen molar-refractivity contribution in [3.8, 4) is 11.4 Å². The predicted molar refractivity (Wildman–Crippen MR) is 86.1 cm³/mol. The molecular weight excluding hydrogens is 280 g/mol. The molecule has 0 aliphatic heterocycles. The number of benzene rings is 1. The van der Waals surface area contributed by atoms with Gasteiger partial charge in [0.05, 0.1) is 0 Å². The van der Waals surface area contributed by atoms with Crippen LogP contribution >= 0.6 is 0 Å². The van der Waals surface area contributed by atoms with E-state index in [2.05, 4.69) is 11.1 Å². The van der Waals surface area contributed by atoms with Crippen molar-refractivity contribution in [2.75, 3.05) is 0 Å². The number of aryl methyl sites for hydroxylation is 4. The second-order valence-corrected chi connectivity index (χ2v) is 5.75. The van der Waals surface area contributed by atoms with Gasteiger partial charge in [-0.3, -0.25) is 13.9 Å². The van der Waals surface area contributed by atoms with Crippen LogP contribution in [0, 0.1) is 13.8 Å². The minimum absolute atomic E-state index is 0.307. The third-order valence-corrected chi connectivity index (χ3v) is 3.94. The Hall–Kier alpha value is -2.63. The molecule has 2 heterocycles. The molecule has 3 aromatic rings. The lowest BCUT2D eigenvalue weighted by molar-refractivity contribution is 0.698. The summed E-state index contributed by atoms with van der Waals surface area (Å²) < 4.78 is 4.34. The largest absolute Gasteiger partial charge is 0.332 e. The van der Waals surface area contributed by atoms with Crippen LogP contribution in [0.15, 0.2) is 27.8 Å². The maximum absolute atomic E-state index is 12.3. The van der Waals surface area contributed by atoms with E-state index in [-0.39, 0.29) is 11.2 Å². The molecule has 6 nitrogen and oxygen atoms in total. The molecule has 0 spiro atoms. The van der Waals surface area contributed by atoms with E-state index in [0.29, 0.717) is 17.0 Å². The summed E-state index contributed by atoms with van der Waals surface area (Å²) in [5.74, 6) is 0.681. The molecule has 3 rings (SSSR count). The molecule has 0 aliphatic carbocycles. The zero-order chi connectivity index (χ0) is 16.2. The predicted octanol–water partition coefficient (Wildman–Crippen LogP) is 1.25. The summed E-state index contributed by atoms with van der Waals surface area (Å²) >= 11 is 0. The quantitative estimate of drug-likeness (QED) is 0.679. The van der Waals surface area contributed by atoms with Crippen molar-refractivity contribution in [3.63, 3.8) is 0 Å². The van der Waals surface area contributed by atoms with Gasteiger partial charge in [-0.1, -0.05) is 17.2 Å². The summed E-state index contributed by atoms with van der Waals surface area (Å²) in [7, 11) is 4.94. The third-order valence-electron chi connectivity index (χ3n) is 3.94. The fourth-order valence-electron chi connectivity index (χ4n) is 2.94. The molecule has 1 aromatic carbocycles. The molecule has 0 saturated carbocycles. The Labute approximate surface area is 127 Å². The van der Waals surface area contributed by atoms with Gasteiger partial charge in [0, 0.05) is 26.7 Å². The van der Waals surface area contributed by atoms with Crippen LogP contribution in [0.2, 0.25) is 0 Å². The van der Waals surface area contributed by atoms with Crippen LogP contribution in [-0.4, -0.2) is 18.7 Å². The minimum atomic E-state index is -0.371. The molecular formula is C16H18N4O2. The van der Waals surface area contributed by atoms with Crippen LogP contribution < -0.4 is 11.2 Å². The van der Waals surface area contributed by atoms with Gasteiger partial charge >= 0.3 is 5.69 Å². The average molecular weight is 298 g/mol. The van der Waals surface area contributed by atoms with Crippen molar-refractivity contribution in [2.45, 2.75) is 13.8 Å². The first kappa shape index (κ1) is 14.3. The van der Waals surface area contributed by atoms with E-state index in [0.717, 1.165) is 21.3 Å². The van der Waals surface area contributed by atoms with E-state index >= 15 is 0 Å². The Morgan fingerprint density at radius 2 is 1.45 bits per heavy atom. The van der Waals surface area contributed by atoms with E-state index in [4.69, 9.17) is 0 Å². The second-order valence-electron chi connectivity index (χ2n) is 5.75. The highest BCUT2D eigenvalue weighted by molar-refractivity contribution is 5.77. The number of hydrogen-bond acceptors (Lipinski definition) is 3. The topological polar surface area (TPSA) is 61.8 Å². The summed E-state index contributed by atoms with van der Waals surface area (Å²) in [5, 5.41) is 0. The highest BCUT2D eigenvalue weighted by atomic mass is 16.2. The summed E-state index contributed by atoms with van der Waals surface area (Å²) in [6, 6.07) is 6.13. The van der Waals surface area contributed by atoms with Gasteiger partial charge < -0.3 is 4.57 Å². The van der Waals surface area contributed by atoms with Crippen LogP contribution in [0.5, 0.6) is 0 Å². The van der Waals surface area contributed by atoms with Crippen LogP contribution in [-0.2, 0) is 21.1 Å². The normalized spacial score (nSPS) is 11.3. The lowest BCUT2D eigenvalue weighted by Crippen LogP contribution is -2.37. The number of hydrogen-bond donors (Lipinski definition) is 0. The zero-order valence-electron chi connectivity index (χ0n) is 13.3. The molecule has 0 bridgehead atoms. The summed E-state index contributed by atoms with van der Waals surface area (Å²) in [6.45, 7) is 4.04. The van der Waals surface area contributed by atoms with Gasteiger partial charge in [-0.2, -0.15) is 0 Å². The Balaban J connectivity index is 2.46. The molecule has 0 radical (unpaired) electrons. The third kappa shape index (κ3) is 1.91. The maximum Gasteiger partial charge on any atom is 0.332 e. The number of aromatic nitrogens is 4. The maximum atomic E-state index is 12.3. The fraction of sp³-hybridized carbons (Fsp3) is 0.312. The molecule has 6 heteroatoms. The van der Waals surface area contributed by atoms with Crippen molar-refractivity contribution in [3.05, 3.63) is 50.2 Å². The average Bonchev–Trinajstić information content (AvgIpc) is 2.79. The molecule has 22 heavy (non-hydrogen) atoms. The highest BCUT2D eigenvalue weighted by Gasteiger charge is 2.17. The standard InChI is InChI=1S/C16H18N4O2/c1-9-6-10(2)8-11(7-9)13-17-12-14(18(13)3)19(4)16(22)20(5)15(12)21/h6-8H,1-5H3. The number of imidazole rings is 1. The minimum Gasteiger partial charge on any atom is -0.313 e. The van der Waals surface area contributed by atoms with Crippen LogP contribution in [0.25, 0.3) is 22.6 Å². The van der Waals surface area contributed by atoms with Crippen LogP contribution in [0.3, 0.4) is 0 Å². The van der Waals surface area contributed by atoms with E-state index in [1.165, 1.54) is 11.6 Å². The highest BCUT2D eigenvalue weighted by Crippen LogP contribution is 2.23. The smallest absolute Gasteiger partial charge is 0.313 e. The molecule has 114 valence electrons. The fourth-order valence-corrected chi connectivity index (χ4v) is 2.94. The van der Waals surface area contributed by atoms with Crippen molar-refractivity contribution < 1.29 is 0 Å². The first-order valence-electron chi connectivity index (χ1n) is 7.02. The van der Waals surface area contributed by atoms with Crippen molar-refractivity contribution >= 4 is 11.2 Å². The summed E-state index contributed by atoms with van der Waals surface area (Å²) in [5.41, 5.74) is 3.30. The van der Waals surface area contributed by atoms with E-state index in [9.17, 15) is 9.59 Å². The van der Waals surface area contributed by atoms with Crippen LogP contribution in [0.1, 0.15) is 11.1 Å². The lowest BCUT2D eigenvalue weighted by atomic mass is 10.1. The Kier molecular flexibility index (Phi) is 3.05. The van der Waals surface area contributed by atoms with Crippen molar-refractivity contribution in [1.29, 1.82) is 0 Å². The zero-order valence-corrected chi connectivity index (χ0v) is 13.3. The van der Waals surface area contributed by atoms with Gasteiger partial charge in [-0.15, -0.1) is 0 Å². The Morgan fingerprint density at radius 1 is 0.864 bits per heavy atom. The first-order chi connectivity index (χ1) is 10.3. The molecule has 0 amide bonds. The van der Waals surface area contributed by atoms with Crippen LogP contribution in [0.4, 0.5) is 0 Å². The van der Waals surface area contributed by atoms with Crippen molar-refractivity contribution in [2.24, 2.45) is 21.1 Å². The monoisotopic (exact) mass is 298 g/mol. The van der Waals surface area contributed by atoms with Gasteiger partial charge in [-0.25, -0.2) is 9.78 Å². The first-order valence-corrected chi connectivity index (χ1v) is 7.02. The molecule has 0 fully saturated rings. The second kappa shape index (κ2) is 4.69. The van der Waals surface area contributed by atoms with Gasteiger partial charge in [0.15, 0.2) is 5.52 Å². The molecule has 0 atom stereocenters. The molecule has 2 aromatic heterocycles. The van der Waals surface area contributed by atoms with Gasteiger partial charge in [0.2, 0.25) is 0 Å². The number of fused-ring (bicyclic) bond motifs is 1. The molecule has 0 unspecified atom stereocenters. The number of nitrogens with zero attached hydrogens (tertiary/aromatic N) is 4. The lowest BCUT2D eigenvalue weighted by Gasteiger charge is -2.07. The van der Waals surface area contributed by atoms with E-state index in [1.807, 2.05) is 33.0 Å². The Bertz CT molecular complexity index is 1000. The molecule has 0 aliphatic rings. The molecule has 0 N–H and O–H groups in total. The van der Waals surface area contributed by atoms with Gasteiger partial charge in [0.1, 0.15) is 11.5 Å². The summed E-state index contributed by atoms with van der Waals surface area (Å²) in [6.07, 6.45) is 0. The van der Waals surface area contributed by atoms with E-state index < -0.39 is 0 Å². The molecule has 0 saturated heterocycles. The summed E-state index contributed by atoms with van der Waals surface area (Å²) in [4.78, 5) is 28.9. The van der Waals surface area contributed by atoms with Gasteiger partial charge in [-0.05, 0) is 26.0 Å². The number of rotatable bonds is 1. The van der Waals surface area contributed by atoms with Gasteiger partial charge in [0.25, 0.3) is 5.56 Å². The van der Waals surface area contributed by atoms with E-state index in [1.54, 1.807) is 11.6 Å².